The largest absolute Gasteiger partial charge is 0.317 e. The number of hydrogen-bond acceptors (Lipinski definition) is 2. The third kappa shape index (κ3) is 2.76. The van der Waals surface area contributed by atoms with Gasteiger partial charge in [-0.1, -0.05) is 24.3 Å². The van der Waals surface area contributed by atoms with Gasteiger partial charge in [0.15, 0.2) is 0 Å². The first-order valence-electron chi connectivity index (χ1n) is 7.12. The molecule has 0 bridgehead atoms. The summed E-state index contributed by atoms with van der Waals surface area (Å²) < 4.78 is 0. The van der Waals surface area contributed by atoms with Gasteiger partial charge in [-0.2, -0.15) is 0 Å². The lowest BCUT2D eigenvalue weighted by Gasteiger charge is -2.41. The van der Waals surface area contributed by atoms with E-state index in [1.165, 1.54) is 30.5 Å². The number of piperidine rings is 1. The van der Waals surface area contributed by atoms with Crippen molar-refractivity contribution in [3.63, 3.8) is 0 Å². The lowest BCUT2D eigenvalue weighted by Crippen LogP contribution is -2.47. The highest BCUT2D eigenvalue weighted by molar-refractivity contribution is 5.28. The van der Waals surface area contributed by atoms with Crippen LogP contribution in [-0.4, -0.2) is 30.6 Å². The smallest absolute Gasteiger partial charge is 0.0325 e. The van der Waals surface area contributed by atoms with E-state index in [0.29, 0.717) is 18.1 Å². The second-order valence-electron chi connectivity index (χ2n) is 5.63. The standard InChI is InChI=1S/C16H26N2/c1-12-7-5-6-8-16(12)14(3)18-10-9-15(17-4)11-13(18)2/h5-8,13-15,17H,9-11H2,1-4H3. The zero-order chi connectivity index (χ0) is 13.1. The van der Waals surface area contributed by atoms with E-state index in [1.807, 2.05) is 0 Å². The van der Waals surface area contributed by atoms with Crippen molar-refractivity contribution in [2.75, 3.05) is 13.6 Å². The van der Waals surface area contributed by atoms with Gasteiger partial charge in [-0.15, -0.1) is 0 Å². The van der Waals surface area contributed by atoms with E-state index in [1.54, 1.807) is 0 Å². The maximum Gasteiger partial charge on any atom is 0.0325 e. The van der Waals surface area contributed by atoms with E-state index in [2.05, 4.69) is 62.3 Å². The Morgan fingerprint density at radius 3 is 2.67 bits per heavy atom. The average Bonchev–Trinajstić information content (AvgIpc) is 2.38. The second-order valence-corrected chi connectivity index (χ2v) is 5.63. The monoisotopic (exact) mass is 246 g/mol. The molecule has 0 radical (unpaired) electrons. The number of nitrogens with zero attached hydrogens (tertiary/aromatic N) is 1. The summed E-state index contributed by atoms with van der Waals surface area (Å²) in [5, 5.41) is 3.42. The van der Waals surface area contributed by atoms with Gasteiger partial charge in [0, 0.05) is 24.7 Å². The van der Waals surface area contributed by atoms with Gasteiger partial charge in [0.1, 0.15) is 0 Å². The Kier molecular flexibility index (Phi) is 4.41. The summed E-state index contributed by atoms with van der Waals surface area (Å²) in [6, 6.07) is 10.7. The molecular formula is C16H26N2. The average molecular weight is 246 g/mol. The van der Waals surface area contributed by atoms with Gasteiger partial charge in [-0.3, -0.25) is 4.90 Å². The van der Waals surface area contributed by atoms with Crippen molar-refractivity contribution in [1.29, 1.82) is 0 Å². The van der Waals surface area contributed by atoms with Crippen molar-refractivity contribution in [3.8, 4) is 0 Å². The summed E-state index contributed by atoms with van der Waals surface area (Å²) in [4.78, 5) is 2.65. The van der Waals surface area contributed by atoms with E-state index < -0.39 is 0 Å². The van der Waals surface area contributed by atoms with E-state index in [4.69, 9.17) is 0 Å². The maximum atomic E-state index is 3.42. The molecular weight excluding hydrogens is 220 g/mol. The number of aryl methyl sites for hydroxylation is 1. The summed E-state index contributed by atoms with van der Waals surface area (Å²) >= 11 is 0. The van der Waals surface area contributed by atoms with Gasteiger partial charge in [0.2, 0.25) is 0 Å². The van der Waals surface area contributed by atoms with Crippen molar-refractivity contribution < 1.29 is 0 Å². The van der Waals surface area contributed by atoms with E-state index >= 15 is 0 Å². The number of likely N-dealkylation sites (tertiary alicyclic amines) is 1. The van der Waals surface area contributed by atoms with Crippen molar-refractivity contribution in [1.82, 2.24) is 10.2 Å². The van der Waals surface area contributed by atoms with Crippen LogP contribution in [-0.2, 0) is 0 Å². The van der Waals surface area contributed by atoms with Crippen molar-refractivity contribution in [3.05, 3.63) is 35.4 Å². The number of hydrogen-bond donors (Lipinski definition) is 1. The Bertz CT molecular complexity index is 388. The molecule has 1 aromatic carbocycles. The first-order chi connectivity index (χ1) is 8.63. The van der Waals surface area contributed by atoms with Gasteiger partial charge in [-0.05, 0) is 51.8 Å². The highest BCUT2D eigenvalue weighted by Gasteiger charge is 2.28. The normalized spacial score (nSPS) is 27.1. The molecule has 0 saturated carbocycles. The number of benzene rings is 1. The molecule has 0 amide bonds. The van der Waals surface area contributed by atoms with Gasteiger partial charge < -0.3 is 5.32 Å². The molecule has 1 saturated heterocycles. The summed E-state index contributed by atoms with van der Waals surface area (Å²) in [5.74, 6) is 0. The van der Waals surface area contributed by atoms with Gasteiger partial charge in [0.05, 0.1) is 0 Å². The van der Waals surface area contributed by atoms with Crippen LogP contribution in [0.3, 0.4) is 0 Å². The SMILES string of the molecule is CNC1CCN(C(C)c2ccccc2C)C(C)C1. The Balaban J connectivity index is 2.10. The molecule has 2 nitrogen and oxygen atoms in total. The minimum absolute atomic E-state index is 0.527. The van der Waals surface area contributed by atoms with E-state index in [-0.39, 0.29) is 0 Å². The van der Waals surface area contributed by atoms with Crippen LogP contribution in [0.4, 0.5) is 0 Å². The molecule has 1 N–H and O–H groups in total. The van der Waals surface area contributed by atoms with Gasteiger partial charge in [-0.25, -0.2) is 0 Å². The Morgan fingerprint density at radius 1 is 1.33 bits per heavy atom. The Morgan fingerprint density at radius 2 is 2.06 bits per heavy atom. The van der Waals surface area contributed by atoms with Crippen molar-refractivity contribution in [2.24, 2.45) is 0 Å². The predicted molar refractivity (Wildman–Crippen MR) is 77.8 cm³/mol. The molecule has 1 heterocycles. The van der Waals surface area contributed by atoms with Crippen LogP contribution >= 0.6 is 0 Å². The first-order valence-corrected chi connectivity index (χ1v) is 7.12. The maximum absolute atomic E-state index is 3.42. The van der Waals surface area contributed by atoms with Crippen LogP contribution in [0.5, 0.6) is 0 Å². The highest BCUT2D eigenvalue weighted by Crippen LogP contribution is 2.29. The predicted octanol–water partition coefficient (Wildman–Crippen LogP) is 3.13. The summed E-state index contributed by atoms with van der Waals surface area (Å²) in [5.41, 5.74) is 2.89. The molecule has 1 aromatic rings. The van der Waals surface area contributed by atoms with Crippen LogP contribution in [0.15, 0.2) is 24.3 Å². The molecule has 1 aliphatic rings. The minimum atomic E-state index is 0.527. The third-order valence-electron chi connectivity index (χ3n) is 4.47. The molecule has 0 aromatic heterocycles. The molecule has 2 heteroatoms. The fraction of sp³-hybridized carbons (Fsp3) is 0.625. The first kappa shape index (κ1) is 13.6. The van der Waals surface area contributed by atoms with Gasteiger partial charge in [0.25, 0.3) is 0 Å². The van der Waals surface area contributed by atoms with Crippen molar-refractivity contribution in [2.45, 2.75) is 51.7 Å². The fourth-order valence-corrected chi connectivity index (χ4v) is 3.26. The van der Waals surface area contributed by atoms with E-state index in [0.717, 1.165) is 0 Å². The lowest BCUT2D eigenvalue weighted by atomic mass is 9.93. The molecule has 0 aliphatic carbocycles. The molecule has 1 fully saturated rings. The fourth-order valence-electron chi connectivity index (χ4n) is 3.26. The molecule has 18 heavy (non-hydrogen) atoms. The van der Waals surface area contributed by atoms with Crippen LogP contribution in [0.2, 0.25) is 0 Å². The third-order valence-corrected chi connectivity index (χ3v) is 4.47. The number of rotatable bonds is 3. The molecule has 100 valence electrons. The summed E-state index contributed by atoms with van der Waals surface area (Å²) in [7, 11) is 2.08. The van der Waals surface area contributed by atoms with Crippen LogP contribution in [0.25, 0.3) is 0 Å². The molecule has 0 spiro atoms. The lowest BCUT2D eigenvalue weighted by molar-refractivity contribution is 0.0972. The quantitative estimate of drug-likeness (QED) is 0.881. The zero-order valence-corrected chi connectivity index (χ0v) is 12.1. The molecule has 3 atom stereocenters. The van der Waals surface area contributed by atoms with Crippen LogP contribution in [0, 0.1) is 6.92 Å². The van der Waals surface area contributed by atoms with Crippen LogP contribution in [0.1, 0.15) is 43.9 Å². The zero-order valence-electron chi connectivity index (χ0n) is 12.1. The second kappa shape index (κ2) is 5.85. The van der Waals surface area contributed by atoms with Crippen molar-refractivity contribution >= 4 is 0 Å². The van der Waals surface area contributed by atoms with E-state index in [9.17, 15) is 0 Å². The molecule has 2 rings (SSSR count). The highest BCUT2D eigenvalue weighted by atomic mass is 15.2. The van der Waals surface area contributed by atoms with Gasteiger partial charge >= 0.3 is 0 Å². The molecule has 1 aliphatic heterocycles. The topological polar surface area (TPSA) is 15.3 Å². The summed E-state index contributed by atoms with van der Waals surface area (Å²) in [6.07, 6.45) is 2.52. The molecule has 3 unspecified atom stereocenters. The number of nitrogens with one attached hydrogen (secondary N) is 1. The Hall–Kier alpha value is -0.860. The minimum Gasteiger partial charge on any atom is -0.317 e. The van der Waals surface area contributed by atoms with Crippen LogP contribution < -0.4 is 5.32 Å². The summed E-state index contributed by atoms with van der Waals surface area (Å²) in [6.45, 7) is 8.12. The Labute approximate surface area is 111 Å².